The first-order valence-corrected chi connectivity index (χ1v) is 7.58. The zero-order chi connectivity index (χ0) is 14.5. The Kier molecular flexibility index (Phi) is 5.46. The molecular formula is C16H17BrClNO. The topological polar surface area (TPSA) is 21.3 Å². The molecule has 2 aromatic rings. The van der Waals surface area contributed by atoms with E-state index < -0.39 is 0 Å². The van der Waals surface area contributed by atoms with Crippen molar-refractivity contribution in [1.29, 1.82) is 0 Å². The molecule has 0 spiro atoms. The van der Waals surface area contributed by atoms with Gasteiger partial charge in [0.05, 0.1) is 7.11 Å². The third-order valence-electron chi connectivity index (χ3n) is 3.20. The van der Waals surface area contributed by atoms with Gasteiger partial charge in [-0.05, 0) is 48.4 Å². The van der Waals surface area contributed by atoms with Crippen LogP contribution in [-0.2, 0) is 6.54 Å². The van der Waals surface area contributed by atoms with E-state index >= 15 is 0 Å². The summed E-state index contributed by atoms with van der Waals surface area (Å²) in [6, 6.07) is 14.1. The molecule has 4 heteroatoms. The van der Waals surface area contributed by atoms with Crippen molar-refractivity contribution in [1.82, 2.24) is 5.32 Å². The van der Waals surface area contributed by atoms with Crippen LogP contribution < -0.4 is 10.1 Å². The van der Waals surface area contributed by atoms with Gasteiger partial charge in [-0.25, -0.2) is 0 Å². The Hall–Kier alpha value is -1.03. The van der Waals surface area contributed by atoms with Crippen LogP contribution >= 0.6 is 27.5 Å². The van der Waals surface area contributed by atoms with Gasteiger partial charge < -0.3 is 10.1 Å². The highest BCUT2D eigenvalue weighted by molar-refractivity contribution is 9.10. The highest BCUT2D eigenvalue weighted by Crippen LogP contribution is 2.23. The molecule has 0 fully saturated rings. The van der Waals surface area contributed by atoms with Crippen molar-refractivity contribution in [3.05, 3.63) is 63.1 Å². The molecule has 0 radical (unpaired) electrons. The molecule has 0 saturated carbocycles. The molecule has 0 bridgehead atoms. The molecule has 20 heavy (non-hydrogen) atoms. The van der Waals surface area contributed by atoms with Crippen molar-refractivity contribution >= 4 is 27.5 Å². The second-order valence-electron chi connectivity index (χ2n) is 4.61. The summed E-state index contributed by atoms with van der Waals surface area (Å²) < 4.78 is 6.31. The fourth-order valence-corrected chi connectivity index (χ4v) is 2.55. The molecule has 1 N–H and O–H groups in total. The molecule has 0 unspecified atom stereocenters. The first-order chi connectivity index (χ1) is 9.60. The summed E-state index contributed by atoms with van der Waals surface area (Å²) in [4.78, 5) is 0. The van der Waals surface area contributed by atoms with Gasteiger partial charge in [-0.2, -0.15) is 0 Å². The number of ether oxygens (including phenoxy) is 1. The number of hydrogen-bond donors (Lipinski definition) is 1. The van der Waals surface area contributed by atoms with Crippen molar-refractivity contribution < 1.29 is 4.74 Å². The maximum absolute atomic E-state index is 6.02. The smallest absolute Gasteiger partial charge is 0.119 e. The minimum absolute atomic E-state index is 0.232. The lowest BCUT2D eigenvalue weighted by molar-refractivity contribution is 0.413. The summed E-state index contributed by atoms with van der Waals surface area (Å²) >= 11 is 9.56. The van der Waals surface area contributed by atoms with Crippen LogP contribution in [0.5, 0.6) is 5.75 Å². The van der Waals surface area contributed by atoms with Crippen LogP contribution in [-0.4, -0.2) is 7.11 Å². The maximum Gasteiger partial charge on any atom is 0.119 e. The Morgan fingerprint density at radius 1 is 1.25 bits per heavy atom. The van der Waals surface area contributed by atoms with Gasteiger partial charge in [0.25, 0.3) is 0 Å². The molecule has 0 aliphatic rings. The molecule has 2 aromatic carbocycles. The second kappa shape index (κ2) is 7.11. The Balaban J connectivity index is 2.04. The molecule has 0 saturated heterocycles. The van der Waals surface area contributed by atoms with Crippen molar-refractivity contribution in [2.45, 2.75) is 19.5 Å². The van der Waals surface area contributed by atoms with E-state index in [0.717, 1.165) is 27.4 Å². The molecule has 0 aliphatic carbocycles. The van der Waals surface area contributed by atoms with Crippen molar-refractivity contribution in [2.75, 3.05) is 7.11 Å². The maximum atomic E-state index is 6.02. The number of rotatable bonds is 5. The molecule has 0 amide bonds. The number of halogens is 2. The highest BCUT2D eigenvalue weighted by Gasteiger charge is 2.07. The normalized spacial score (nSPS) is 12.2. The van der Waals surface area contributed by atoms with Gasteiger partial charge in [0.1, 0.15) is 5.75 Å². The van der Waals surface area contributed by atoms with Crippen LogP contribution in [0, 0.1) is 0 Å². The molecule has 1 atom stereocenters. The van der Waals surface area contributed by atoms with E-state index in [0.29, 0.717) is 0 Å². The second-order valence-corrected chi connectivity index (χ2v) is 5.91. The summed E-state index contributed by atoms with van der Waals surface area (Å²) in [6.45, 7) is 2.88. The lowest BCUT2D eigenvalue weighted by atomic mass is 10.1. The van der Waals surface area contributed by atoms with Crippen LogP contribution in [0.4, 0.5) is 0 Å². The molecule has 2 nitrogen and oxygen atoms in total. The van der Waals surface area contributed by atoms with E-state index in [1.165, 1.54) is 5.56 Å². The standard InChI is InChI=1S/C16H17BrClNO/c1-11(12-4-3-5-15(9-12)20-2)19-10-13-8-14(18)6-7-16(13)17/h3-9,11,19H,10H2,1-2H3/t11-/m1/s1. The molecule has 2 rings (SSSR count). The molecule has 0 aliphatic heterocycles. The van der Waals surface area contributed by atoms with Gasteiger partial charge in [-0.3, -0.25) is 0 Å². The van der Waals surface area contributed by atoms with E-state index in [2.05, 4.69) is 34.2 Å². The number of hydrogen-bond acceptors (Lipinski definition) is 2. The summed E-state index contributed by atoms with van der Waals surface area (Å²) in [7, 11) is 1.68. The van der Waals surface area contributed by atoms with Gasteiger partial charge in [-0.15, -0.1) is 0 Å². The first-order valence-electron chi connectivity index (χ1n) is 6.41. The SMILES string of the molecule is COc1cccc([C@@H](C)NCc2cc(Cl)ccc2Br)c1. The Labute approximate surface area is 133 Å². The predicted molar refractivity (Wildman–Crippen MR) is 87.4 cm³/mol. The van der Waals surface area contributed by atoms with Crippen LogP contribution in [0.15, 0.2) is 46.9 Å². The fourth-order valence-electron chi connectivity index (χ4n) is 1.97. The number of benzene rings is 2. The number of nitrogens with one attached hydrogen (secondary N) is 1. The van der Waals surface area contributed by atoms with Crippen LogP contribution in [0.3, 0.4) is 0 Å². The zero-order valence-corrected chi connectivity index (χ0v) is 13.8. The predicted octanol–water partition coefficient (Wildman–Crippen LogP) is 4.96. The minimum Gasteiger partial charge on any atom is -0.497 e. The Bertz CT molecular complexity index is 588. The van der Waals surface area contributed by atoms with E-state index in [9.17, 15) is 0 Å². The molecule has 0 aromatic heterocycles. The lowest BCUT2D eigenvalue weighted by Gasteiger charge is -2.16. The molecular weight excluding hydrogens is 338 g/mol. The van der Waals surface area contributed by atoms with Crippen molar-refractivity contribution in [3.8, 4) is 5.75 Å². The lowest BCUT2D eigenvalue weighted by Crippen LogP contribution is -2.18. The van der Waals surface area contributed by atoms with Crippen LogP contribution in [0.1, 0.15) is 24.1 Å². The summed E-state index contributed by atoms with van der Waals surface area (Å²) in [5, 5.41) is 4.24. The minimum atomic E-state index is 0.232. The fraction of sp³-hybridized carbons (Fsp3) is 0.250. The van der Waals surface area contributed by atoms with Crippen molar-refractivity contribution in [2.24, 2.45) is 0 Å². The van der Waals surface area contributed by atoms with Gasteiger partial charge in [-0.1, -0.05) is 39.7 Å². The van der Waals surface area contributed by atoms with Gasteiger partial charge in [0.15, 0.2) is 0 Å². The third-order valence-corrected chi connectivity index (χ3v) is 4.21. The van der Waals surface area contributed by atoms with E-state index in [-0.39, 0.29) is 6.04 Å². The van der Waals surface area contributed by atoms with Gasteiger partial charge >= 0.3 is 0 Å². The Morgan fingerprint density at radius 3 is 2.80 bits per heavy atom. The average Bonchev–Trinajstić information content (AvgIpc) is 2.48. The Morgan fingerprint density at radius 2 is 2.05 bits per heavy atom. The monoisotopic (exact) mass is 353 g/mol. The molecule has 106 valence electrons. The van der Waals surface area contributed by atoms with E-state index in [4.69, 9.17) is 16.3 Å². The van der Waals surface area contributed by atoms with Crippen molar-refractivity contribution in [3.63, 3.8) is 0 Å². The van der Waals surface area contributed by atoms with Gasteiger partial charge in [0, 0.05) is 22.1 Å². The highest BCUT2D eigenvalue weighted by atomic mass is 79.9. The summed E-state index contributed by atoms with van der Waals surface area (Å²) in [6.07, 6.45) is 0. The average molecular weight is 355 g/mol. The molecule has 0 heterocycles. The van der Waals surface area contributed by atoms with Crippen LogP contribution in [0.25, 0.3) is 0 Å². The summed E-state index contributed by atoms with van der Waals surface area (Å²) in [5.41, 5.74) is 2.34. The zero-order valence-electron chi connectivity index (χ0n) is 11.5. The third kappa shape index (κ3) is 3.98. The van der Waals surface area contributed by atoms with Gasteiger partial charge in [0.2, 0.25) is 0 Å². The van der Waals surface area contributed by atoms with E-state index in [1.807, 2.05) is 36.4 Å². The van der Waals surface area contributed by atoms with E-state index in [1.54, 1.807) is 7.11 Å². The first kappa shape index (κ1) is 15.4. The number of methoxy groups -OCH3 is 1. The van der Waals surface area contributed by atoms with Crippen LogP contribution in [0.2, 0.25) is 5.02 Å². The largest absolute Gasteiger partial charge is 0.497 e. The summed E-state index contributed by atoms with van der Waals surface area (Å²) in [5.74, 6) is 0.875. The quantitative estimate of drug-likeness (QED) is 0.819.